The summed E-state index contributed by atoms with van der Waals surface area (Å²) in [5, 5.41) is 15.9. The van der Waals surface area contributed by atoms with Gasteiger partial charge in [-0.1, -0.05) is 0 Å². The van der Waals surface area contributed by atoms with Crippen molar-refractivity contribution in [3.8, 4) is 6.07 Å². The molecule has 3 rings (SSSR count). The third-order valence-corrected chi connectivity index (χ3v) is 3.03. The summed E-state index contributed by atoms with van der Waals surface area (Å²) in [5.41, 5.74) is 3.94. The zero-order chi connectivity index (χ0) is 11.7. The minimum Gasteiger partial charge on any atom is -0.365 e. The lowest BCUT2D eigenvalue weighted by atomic mass is 10.1. The van der Waals surface area contributed by atoms with Gasteiger partial charge in [-0.25, -0.2) is 4.98 Å². The highest BCUT2D eigenvalue weighted by molar-refractivity contribution is 5.50. The molecule has 1 aliphatic heterocycles. The first kappa shape index (κ1) is 9.85. The Kier molecular flexibility index (Phi) is 2.26. The highest BCUT2D eigenvalue weighted by Gasteiger charge is 2.18. The van der Waals surface area contributed by atoms with E-state index in [9.17, 15) is 0 Å². The topological polar surface area (TPSA) is 68.6 Å². The van der Waals surface area contributed by atoms with E-state index >= 15 is 0 Å². The summed E-state index contributed by atoms with van der Waals surface area (Å²) in [5.74, 6) is 0. The van der Waals surface area contributed by atoms with E-state index in [1.54, 1.807) is 6.20 Å². The van der Waals surface area contributed by atoms with Gasteiger partial charge in [0.2, 0.25) is 0 Å². The first-order chi connectivity index (χ1) is 8.36. The second kappa shape index (κ2) is 3.91. The van der Waals surface area contributed by atoms with Crippen molar-refractivity contribution in [2.75, 3.05) is 11.4 Å². The van der Waals surface area contributed by atoms with Gasteiger partial charge in [-0.05, 0) is 24.1 Å². The first-order valence-electron chi connectivity index (χ1n) is 5.49. The van der Waals surface area contributed by atoms with E-state index in [1.165, 1.54) is 5.56 Å². The smallest absolute Gasteiger partial charge is 0.142 e. The van der Waals surface area contributed by atoms with Crippen LogP contribution in [0.5, 0.6) is 0 Å². The third-order valence-electron chi connectivity index (χ3n) is 3.03. The summed E-state index contributed by atoms with van der Waals surface area (Å²) in [6, 6.07) is 5.82. The minimum absolute atomic E-state index is 0.456. The Labute approximate surface area is 98.7 Å². The summed E-state index contributed by atoms with van der Waals surface area (Å²) >= 11 is 0. The van der Waals surface area contributed by atoms with Crippen LogP contribution in [0.2, 0.25) is 0 Å². The van der Waals surface area contributed by atoms with Crippen LogP contribution in [0.4, 0.5) is 5.69 Å². The zero-order valence-corrected chi connectivity index (χ0v) is 9.22. The highest BCUT2D eigenvalue weighted by Crippen LogP contribution is 2.22. The van der Waals surface area contributed by atoms with Gasteiger partial charge in [0.25, 0.3) is 0 Å². The quantitative estimate of drug-likeness (QED) is 0.792. The number of rotatable bonds is 1. The molecule has 3 heterocycles. The van der Waals surface area contributed by atoms with Crippen LogP contribution < -0.4 is 4.90 Å². The highest BCUT2D eigenvalue weighted by atomic mass is 15.2. The maximum Gasteiger partial charge on any atom is 0.142 e. The standard InChI is InChI=1S/C12H11N5/c13-6-10-5-11(1-3-14-10)17-4-2-9-7-15-16-12(9)8-17/h1,3,5,7H,2,4,8H2,(H,15,16). The summed E-state index contributed by atoms with van der Waals surface area (Å²) in [6.07, 6.45) is 4.55. The summed E-state index contributed by atoms with van der Waals surface area (Å²) in [7, 11) is 0. The monoisotopic (exact) mass is 225 g/mol. The van der Waals surface area contributed by atoms with E-state index in [4.69, 9.17) is 5.26 Å². The second-order valence-electron chi connectivity index (χ2n) is 4.06. The average molecular weight is 225 g/mol. The maximum atomic E-state index is 8.84. The van der Waals surface area contributed by atoms with Crippen LogP contribution in [0.15, 0.2) is 24.5 Å². The Hall–Kier alpha value is -2.35. The molecule has 17 heavy (non-hydrogen) atoms. The molecule has 5 nitrogen and oxygen atoms in total. The summed E-state index contributed by atoms with van der Waals surface area (Å²) in [6.45, 7) is 1.76. The van der Waals surface area contributed by atoms with Gasteiger partial charge in [-0.15, -0.1) is 0 Å². The fraction of sp³-hybridized carbons (Fsp3) is 0.250. The number of aromatic amines is 1. The van der Waals surface area contributed by atoms with Gasteiger partial charge >= 0.3 is 0 Å². The molecule has 0 bridgehead atoms. The molecule has 0 saturated heterocycles. The molecule has 0 aliphatic carbocycles. The number of nitrogens with one attached hydrogen (secondary N) is 1. The van der Waals surface area contributed by atoms with Crippen molar-refractivity contribution in [3.05, 3.63) is 41.5 Å². The molecule has 0 amide bonds. The Morgan fingerprint density at radius 3 is 3.29 bits per heavy atom. The van der Waals surface area contributed by atoms with Crippen molar-refractivity contribution in [1.29, 1.82) is 5.26 Å². The predicted molar refractivity (Wildman–Crippen MR) is 62.3 cm³/mol. The molecule has 1 N–H and O–H groups in total. The van der Waals surface area contributed by atoms with E-state index < -0.39 is 0 Å². The molecule has 2 aromatic rings. The number of H-pyrrole nitrogens is 1. The molecule has 84 valence electrons. The molecule has 0 radical (unpaired) electrons. The molecule has 1 aliphatic rings. The Morgan fingerprint density at radius 1 is 1.47 bits per heavy atom. The number of pyridine rings is 1. The minimum atomic E-state index is 0.456. The molecular formula is C12H11N5. The second-order valence-corrected chi connectivity index (χ2v) is 4.06. The van der Waals surface area contributed by atoms with E-state index in [-0.39, 0.29) is 0 Å². The number of nitrogens with zero attached hydrogens (tertiary/aromatic N) is 4. The molecule has 0 aromatic carbocycles. The van der Waals surface area contributed by atoms with Gasteiger partial charge in [0, 0.05) is 18.4 Å². The predicted octanol–water partition coefficient (Wildman–Crippen LogP) is 1.24. The van der Waals surface area contributed by atoms with Gasteiger partial charge in [-0.3, -0.25) is 5.10 Å². The van der Waals surface area contributed by atoms with Crippen molar-refractivity contribution in [1.82, 2.24) is 15.2 Å². The molecular weight excluding hydrogens is 214 g/mol. The van der Waals surface area contributed by atoms with Crippen LogP contribution in [0, 0.1) is 11.3 Å². The lowest BCUT2D eigenvalue weighted by molar-refractivity contribution is 0.717. The Balaban J connectivity index is 1.89. The zero-order valence-electron chi connectivity index (χ0n) is 9.22. The van der Waals surface area contributed by atoms with Gasteiger partial charge in [0.15, 0.2) is 0 Å². The van der Waals surface area contributed by atoms with Crippen LogP contribution in [0.3, 0.4) is 0 Å². The molecule has 0 unspecified atom stereocenters. The molecule has 5 heteroatoms. The van der Waals surface area contributed by atoms with Crippen molar-refractivity contribution < 1.29 is 0 Å². The average Bonchev–Trinajstić information content (AvgIpc) is 2.86. The van der Waals surface area contributed by atoms with Gasteiger partial charge < -0.3 is 4.90 Å². The third kappa shape index (κ3) is 1.74. The van der Waals surface area contributed by atoms with Crippen LogP contribution in [-0.2, 0) is 13.0 Å². The number of nitriles is 1. The van der Waals surface area contributed by atoms with Crippen LogP contribution >= 0.6 is 0 Å². The van der Waals surface area contributed by atoms with Crippen LogP contribution in [0.1, 0.15) is 17.0 Å². The van der Waals surface area contributed by atoms with Crippen molar-refractivity contribution >= 4 is 5.69 Å². The number of fused-ring (bicyclic) bond motifs is 1. The fourth-order valence-corrected chi connectivity index (χ4v) is 2.11. The number of aromatic nitrogens is 3. The molecule has 0 atom stereocenters. The van der Waals surface area contributed by atoms with E-state index in [2.05, 4.69) is 26.2 Å². The number of hydrogen-bond acceptors (Lipinski definition) is 4. The largest absolute Gasteiger partial charge is 0.365 e. The normalized spacial score (nSPS) is 14.2. The lowest BCUT2D eigenvalue weighted by Crippen LogP contribution is -2.30. The van der Waals surface area contributed by atoms with E-state index in [0.717, 1.165) is 30.9 Å². The molecule has 0 fully saturated rings. The van der Waals surface area contributed by atoms with Crippen molar-refractivity contribution in [2.24, 2.45) is 0 Å². The molecule has 0 saturated carbocycles. The molecule has 0 spiro atoms. The van der Waals surface area contributed by atoms with Crippen LogP contribution in [-0.4, -0.2) is 21.7 Å². The van der Waals surface area contributed by atoms with E-state index in [1.807, 2.05) is 18.3 Å². The van der Waals surface area contributed by atoms with Gasteiger partial charge in [0.05, 0.1) is 18.4 Å². The lowest BCUT2D eigenvalue weighted by Gasteiger charge is -2.28. The van der Waals surface area contributed by atoms with Gasteiger partial charge in [-0.2, -0.15) is 10.4 Å². The van der Waals surface area contributed by atoms with E-state index in [0.29, 0.717) is 5.69 Å². The van der Waals surface area contributed by atoms with Gasteiger partial charge in [0.1, 0.15) is 11.8 Å². The Morgan fingerprint density at radius 2 is 2.41 bits per heavy atom. The SMILES string of the molecule is N#Cc1cc(N2CCc3cn[nH]c3C2)ccn1. The summed E-state index contributed by atoms with van der Waals surface area (Å²) < 4.78 is 0. The van der Waals surface area contributed by atoms with Crippen molar-refractivity contribution in [3.63, 3.8) is 0 Å². The van der Waals surface area contributed by atoms with Crippen LogP contribution in [0.25, 0.3) is 0 Å². The fourth-order valence-electron chi connectivity index (χ4n) is 2.11. The number of anilines is 1. The van der Waals surface area contributed by atoms with Crippen molar-refractivity contribution in [2.45, 2.75) is 13.0 Å². The maximum absolute atomic E-state index is 8.84. The number of hydrogen-bond donors (Lipinski definition) is 1. The summed E-state index contributed by atoms with van der Waals surface area (Å²) in [4.78, 5) is 6.20. The molecule has 2 aromatic heterocycles. The first-order valence-corrected chi connectivity index (χ1v) is 5.49. The Bertz CT molecular complexity index is 581.